The molecule has 17 heavy (non-hydrogen) atoms. The number of nitro benzene ring substituents is 1. The summed E-state index contributed by atoms with van der Waals surface area (Å²) < 4.78 is 13.3. The number of hydrogen-bond acceptors (Lipinski definition) is 4. The first-order valence-corrected chi connectivity index (χ1v) is 6.40. The first-order chi connectivity index (χ1) is 8.04. The van der Waals surface area contributed by atoms with E-state index in [0.29, 0.717) is 18.2 Å². The minimum Gasteiger partial charge on any atom is -0.330 e. The Labute approximate surface area is 104 Å². The molecule has 0 saturated carbocycles. The molecule has 0 amide bonds. The lowest BCUT2D eigenvalue weighted by Gasteiger charge is -2.07. The molecule has 0 aromatic heterocycles. The van der Waals surface area contributed by atoms with E-state index in [9.17, 15) is 14.5 Å². The van der Waals surface area contributed by atoms with Gasteiger partial charge in [0.15, 0.2) is 0 Å². The van der Waals surface area contributed by atoms with Crippen LogP contribution < -0.4 is 5.73 Å². The normalized spacial score (nSPS) is 12.4. The third-order valence-corrected chi connectivity index (χ3v) is 3.62. The van der Waals surface area contributed by atoms with Gasteiger partial charge in [0, 0.05) is 11.8 Å². The van der Waals surface area contributed by atoms with E-state index in [2.05, 4.69) is 0 Å². The number of benzene rings is 1. The Morgan fingerprint density at radius 2 is 2.29 bits per heavy atom. The van der Waals surface area contributed by atoms with Crippen LogP contribution in [0.25, 0.3) is 0 Å². The molecule has 0 aliphatic rings. The van der Waals surface area contributed by atoms with Gasteiger partial charge in [-0.3, -0.25) is 10.1 Å². The zero-order valence-electron chi connectivity index (χ0n) is 9.56. The highest BCUT2D eigenvalue weighted by molar-refractivity contribution is 7.98. The zero-order chi connectivity index (χ0) is 12.8. The van der Waals surface area contributed by atoms with Gasteiger partial charge in [-0.05, 0) is 29.8 Å². The van der Waals surface area contributed by atoms with Crippen molar-refractivity contribution in [3.8, 4) is 0 Å². The third kappa shape index (κ3) is 4.32. The van der Waals surface area contributed by atoms with Crippen molar-refractivity contribution in [3.63, 3.8) is 0 Å². The van der Waals surface area contributed by atoms with Gasteiger partial charge in [-0.15, -0.1) is 0 Å². The maximum atomic E-state index is 13.3. The average Bonchev–Trinajstić information content (AvgIpc) is 2.28. The molecule has 0 heterocycles. The Hall–Kier alpha value is -1.14. The topological polar surface area (TPSA) is 69.2 Å². The summed E-state index contributed by atoms with van der Waals surface area (Å²) in [5.74, 6) is 1.18. The number of nitro groups is 1. The Morgan fingerprint density at radius 1 is 1.59 bits per heavy atom. The van der Waals surface area contributed by atoms with Crippen molar-refractivity contribution in [3.05, 3.63) is 39.7 Å². The van der Waals surface area contributed by atoms with Crippen molar-refractivity contribution < 1.29 is 9.31 Å². The number of hydrogen-bond donors (Lipinski definition) is 1. The molecule has 0 spiro atoms. The van der Waals surface area contributed by atoms with Gasteiger partial charge in [0.1, 0.15) is 0 Å². The molecule has 1 rings (SSSR count). The van der Waals surface area contributed by atoms with Gasteiger partial charge >= 0.3 is 5.69 Å². The predicted octanol–water partition coefficient (Wildman–Crippen LogP) is 2.56. The van der Waals surface area contributed by atoms with Crippen LogP contribution in [0.2, 0.25) is 0 Å². The summed E-state index contributed by atoms with van der Waals surface area (Å²) in [5, 5.41) is 10.4. The fourth-order valence-corrected chi connectivity index (χ4v) is 2.31. The summed E-state index contributed by atoms with van der Waals surface area (Å²) in [5.41, 5.74) is 5.75. The summed E-state index contributed by atoms with van der Waals surface area (Å²) >= 11 is 1.65. The average molecular weight is 258 g/mol. The van der Waals surface area contributed by atoms with Crippen LogP contribution in [0.1, 0.15) is 12.5 Å². The molecule has 1 aromatic rings. The van der Waals surface area contributed by atoms with E-state index in [-0.39, 0.29) is 0 Å². The SMILES string of the molecule is CC(CN)CSCc1ccc([N+](=O)[O-])c(F)c1. The van der Waals surface area contributed by atoms with Crippen LogP contribution in [0.3, 0.4) is 0 Å². The van der Waals surface area contributed by atoms with Crippen LogP contribution in [0.15, 0.2) is 18.2 Å². The number of halogens is 1. The first kappa shape index (κ1) is 13.9. The van der Waals surface area contributed by atoms with E-state index < -0.39 is 16.4 Å². The van der Waals surface area contributed by atoms with Crippen LogP contribution >= 0.6 is 11.8 Å². The molecule has 0 aliphatic heterocycles. The maximum Gasteiger partial charge on any atom is 0.304 e. The molecule has 94 valence electrons. The summed E-state index contributed by atoms with van der Waals surface area (Å²) in [4.78, 5) is 9.70. The molecule has 0 fully saturated rings. The van der Waals surface area contributed by atoms with E-state index in [0.717, 1.165) is 11.3 Å². The fraction of sp³-hybridized carbons (Fsp3) is 0.455. The van der Waals surface area contributed by atoms with Crippen LogP contribution in [0.5, 0.6) is 0 Å². The molecule has 6 heteroatoms. The van der Waals surface area contributed by atoms with Gasteiger partial charge in [0.05, 0.1) is 4.92 Å². The molecule has 4 nitrogen and oxygen atoms in total. The lowest BCUT2D eigenvalue weighted by atomic mass is 10.2. The standard InChI is InChI=1S/C11H15FN2O2S/c1-8(5-13)6-17-7-9-2-3-11(14(15)16)10(12)4-9/h2-4,8H,5-7,13H2,1H3. The van der Waals surface area contributed by atoms with Crippen molar-refractivity contribution in [1.29, 1.82) is 0 Å². The van der Waals surface area contributed by atoms with Crippen molar-refractivity contribution in [1.82, 2.24) is 0 Å². The zero-order valence-corrected chi connectivity index (χ0v) is 10.4. The predicted molar refractivity (Wildman–Crippen MR) is 67.4 cm³/mol. The Kier molecular flexibility index (Phi) is 5.37. The third-order valence-electron chi connectivity index (χ3n) is 2.28. The molecule has 1 aromatic carbocycles. The number of rotatable bonds is 6. The minimum atomic E-state index is -0.778. The largest absolute Gasteiger partial charge is 0.330 e. The van der Waals surface area contributed by atoms with Gasteiger partial charge in [-0.1, -0.05) is 13.0 Å². The minimum absolute atomic E-state index is 0.419. The number of nitrogens with zero attached hydrogens (tertiary/aromatic N) is 1. The lowest BCUT2D eigenvalue weighted by Crippen LogP contribution is -2.12. The lowest BCUT2D eigenvalue weighted by molar-refractivity contribution is -0.387. The Balaban J connectivity index is 2.56. The van der Waals surface area contributed by atoms with Gasteiger partial charge in [0.2, 0.25) is 5.82 Å². The van der Waals surface area contributed by atoms with Crippen molar-refractivity contribution in [2.45, 2.75) is 12.7 Å². The molecule has 0 aliphatic carbocycles. The summed E-state index contributed by atoms with van der Waals surface area (Å²) in [6.45, 7) is 2.67. The Bertz CT molecular complexity index is 401. The molecular formula is C11H15FN2O2S. The second-order valence-corrected chi connectivity index (χ2v) is 4.93. The van der Waals surface area contributed by atoms with Crippen molar-refractivity contribution >= 4 is 17.4 Å². The van der Waals surface area contributed by atoms with Crippen LogP contribution in [0, 0.1) is 21.8 Å². The Morgan fingerprint density at radius 3 is 2.82 bits per heavy atom. The second-order valence-electron chi connectivity index (χ2n) is 3.90. The highest BCUT2D eigenvalue weighted by atomic mass is 32.2. The smallest absolute Gasteiger partial charge is 0.304 e. The fourth-order valence-electron chi connectivity index (χ4n) is 1.23. The number of thioether (sulfide) groups is 1. The molecule has 0 bridgehead atoms. The van der Waals surface area contributed by atoms with Gasteiger partial charge in [0.25, 0.3) is 0 Å². The van der Waals surface area contributed by atoms with Gasteiger partial charge < -0.3 is 5.73 Å². The molecule has 1 atom stereocenters. The van der Waals surface area contributed by atoms with Gasteiger partial charge in [-0.2, -0.15) is 16.2 Å². The van der Waals surface area contributed by atoms with Gasteiger partial charge in [-0.25, -0.2) is 0 Å². The van der Waals surface area contributed by atoms with E-state index in [4.69, 9.17) is 5.73 Å². The first-order valence-electron chi connectivity index (χ1n) is 5.25. The van der Waals surface area contributed by atoms with Crippen molar-refractivity contribution in [2.75, 3.05) is 12.3 Å². The van der Waals surface area contributed by atoms with E-state index in [1.165, 1.54) is 12.1 Å². The van der Waals surface area contributed by atoms with Crippen molar-refractivity contribution in [2.24, 2.45) is 11.7 Å². The monoisotopic (exact) mass is 258 g/mol. The molecule has 0 radical (unpaired) electrons. The van der Waals surface area contributed by atoms with Crippen LogP contribution in [0.4, 0.5) is 10.1 Å². The highest BCUT2D eigenvalue weighted by Gasteiger charge is 2.13. The molecule has 1 unspecified atom stereocenters. The maximum absolute atomic E-state index is 13.3. The quantitative estimate of drug-likeness (QED) is 0.629. The van der Waals surface area contributed by atoms with Crippen LogP contribution in [-0.2, 0) is 5.75 Å². The summed E-state index contributed by atoms with van der Waals surface area (Å²) in [7, 11) is 0. The second kappa shape index (κ2) is 6.56. The highest BCUT2D eigenvalue weighted by Crippen LogP contribution is 2.21. The van der Waals surface area contributed by atoms with E-state index >= 15 is 0 Å². The molecule has 2 N–H and O–H groups in total. The number of nitrogens with two attached hydrogens (primary N) is 1. The van der Waals surface area contributed by atoms with E-state index in [1.807, 2.05) is 6.92 Å². The summed E-state index contributed by atoms with van der Waals surface area (Å²) in [6, 6.07) is 4.01. The molecular weight excluding hydrogens is 243 g/mol. The molecule has 0 saturated heterocycles. The van der Waals surface area contributed by atoms with E-state index in [1.54, 1.807) is 17.8 Å². The van der Waals surface area contributed by atoms with Crippen LogP contribution in [-0.4, -0.2) is 17.2 Å². The summed E-state index contributed by atoms with van der Waals surface area (Å²) in [6.07, 6.45) is 0.